The molecule has 2 heteroatoms. The molecule has 0 radical (unpaired) electrons. The summed E-state index contributed by atoms with van der Waals surface area (Å²) >= 11 is 0. The lowest BCUT2D eigenvalue weighted by Gasteiger charge is -2.00. The van der Waals surface area contributed by atoms with E-state index in [4.69, 9.17) is 4.42 Å². The van der Waals surface area contributed by atoms with Gasteiger partial charge in [-0.2, -0.15) is 0 Å². The Hall–Kier alpha value is -3.13. The molecule has 1 heterocycles. The van der Waals surface area contributed by atoms with Crippen molar-refractivity contribution in [3.8, 4) is 11.3 Å². The van der Waals surface area contributed by atoms with E-state index in [9.17, 15) is 4.79 Å². The second kappa shape index (κ2) is 5.58. The molecule has 0 saturated heterocycles. The quantitative estimate of drug-likeness (QED) is 0.478. The van der Waals surface area contributed by atoms with Crippen molar-refractivity contribution in [3.63, 3.8) is 0 Å². The summed E-state index contributed by atoms with van der Waals surface area (Å²) < 4.78 is 5.88. The van der Waals surface area contributed by atoms with Crippen molar-refractivity contribution >= 4 is 16.8 Å². The van der Waals surface area contributed by atoms with E-state index in [0.717, 1.165) is 22.3 Å². The molecule has 0 bridgehead atoms. The number of furan rings is 1. The van der Waals surface area contributed by atoms with Crippen molar-refractivity contribution in [3.05, 3.63) is 96.1 Å². The summed E-state index contributed by atoms with van der Waals surface area (Å²) in [7, 11) is 0. The Morgan fingerprint density at radius 3 is 2.13 bits per heavy atom. The molecule has 1 aromatic heterocycles. The van der Waals surface area contributed by atoms with Gasteiger partial charge in [-0.3, -0.25) is 4.79 Å². The van der Waals surface area contributed by atoms with Crippen LogP contribution in [0.4, 0.5) is 0 Å². The number of hydrogen-bond donors (Lipinski definition) is 0. The van der Waals surface area contributed by atoms with Crippen LogP contribution in [0.15, 0.2) is 89.3 Å². The molecular formula is C21H14O2. The summed E-state index contributed by atoms with van der Waals surface area (Å²) in [6, 6.07) is 26.8. The van der Waals surface area contributed by atoms with E-state index in [1.807, 2.05) is 84.9 Å². The molecule has 0 aliphatic carbocycles. The van der Waals surface area contributed by atoms with Crippen LogP contribution in [-0.4, -0.2) is 5.78 Å². The summed E-state index contributed by atoms with van der Waals surface area (Å²) in [6.07, 6.45) is 0. The van der Waals surface area contributed by atoms with Gasteiger partial charge in [-0.05, 0) is 24.3 Å². The molecule has 0 atom stereocenters. The molecule has 2 nitrogen and oxygen atoms in total. The molecule has 4 aromatic rings. The third-order valence-electron chi connectivity index (χ3n) is 3.87. The van der Waals surface area contributed by atoms with Crippen molar-refractivity contribution in [1.29, 1.82) is 0 Å². The van der Waals surface area contributed by atoms with Gasteiger partial charge in [-0.15, -0.1) is 0 Å². The Bertz CT molecular complexity index is 967. The maximum atomic E-state index is 12.5. The first-order chi connectivity index (χ1) is 11.3. The molecule has 0 unspecified atom stereocenters. The molecule has 0 aliphatic rings. The van der Waals surface area contributed by atoms with Crippen molar-refractivity contribution < 1.29 is 9.21 Å². The van der Waals surface area contributed by atoms with Crippen molar-refractivity contribution in [2.24, 2.45) is 0 Å². The number of benzene rings is 3. The standard InChI is InChI=1S/C21H14O2/c22-21(16-9-5-2-6-10-16)17-11-12-19-18(13-17)14-20(23-19)15-7-3-1-4-8-15/h1-14H. The van der Waals surface area contributed by atoms with Crippen LogP contribution in [0.3, 0.4) is 0 Å². The highest BCUT2D eigenvalue weighted by Gasteiger charge is 2.11. The van der Waals surface area contributed by atoms with E-state index in [1.165, 1.54) is 0 Å². The van der Waals surface area contributed by atoms with Crippen LogP contribution >= 0.6 is 0 Å². The Balaban J connectivity index is 1.75. The van der Waals surface area contributed by atoms with Gasteiger partial charge in [0.1, 0.15) is 11.3 Å². The summed E-state index contributed by atoms with van der Waals surface area (Å²) in [4.78, 5) is 12.5. The first kappa shape index (κ1) is 13.5. The molecule has 0 N–H and O–H groups in total. The van der Waals surface area contributed by atoms with Crippen molar-refractivity contribution in [2.45, 2.75) is 0 Å². The summed E-state index contributed by atoms with van der Waals surface area (Å²) in [5.74, 6) is 0.833. The molecule has 0 fully saturated rings. The monoisotopic (exact) mass is 298 g/mol. The minimum absolute atomic E-state index is 0.0231. The summed E-state index contributed by atoms with van der Waals surface area (Å²) in [5, 5.41) is 0.936. The third kappa shape index (κ3) is 2.55. The number of carbonyl (C=O) groups excluding carboxylic acids is 1. The molecule has 4 rings (SSSR count). The Labute approximate surface area is 134 Å². The van der Waals surface area contributed by atoms with Gasteiger partial charge >= 0.3 is 0 Å². The number of ketones is 1. The molecular weight excluding hydrogens is 284 g/mol. The van der Waals surface area contributed by atoms with Gasteiger partial charge in [0.25, 0.3) is 0 Å². The average molecular weight is 298 g/mol. The number of hydrogen-bond acceptors (Lipinski definition) is 2. The fraction of sp³-hybridized carbons (Fsp3) is 0. The van der Waals surface area contributed by atoms with Gasteiger partial charge in [0, 0.05) is 22.1 Å². The number of rotatable bonds is 3. The highest BCUT2D eigenvalue weighted by Crippen LogP contribution is 2.28. The zero-order valence-electron chi connectivity index (χ0n) is 12.4. The maximum absolute atomic E-state index is 12.5. The smallest absolute Gasteiger partial charge is 0.193 e. The maximum Gasteiger partial charge on any atom is 0.193 e. The van der Waals surface area contributed by atoms with E-state index in [-0.39, 0.29) is 5.78 Å². The van der Waals surface area contributed by atoms with Crippen molar-refractivity contribution in [1.82, 2.24) is 0 Å². The van der Waals surface area contributed by atoms with Crippen LogP contribution < -0.4 is 0 Å². The normalized spacial score (nSPS) is 10.8. The predicted octanol–water partition coefficient (Wildman–Crippen LogP) is 5.33. The van der Waals surface area contributed by atoms with Gasteiger partial charge < -0.3 is 4.42 Å². The van der Waals surface area contributed by atoms with Gasteiger partial charge in [0.05, 0.1) is 0 Å². The van der Waals surface area contributed by atoms with Crippen LogP contribution in [0.2, 0.25) is 0 Å². The highest BCUT2D eigenvalue weighted by atomic mass is 16.3. The van der Waals surface area contributed by atoms with Gasteiger partial charge in [0.2, 0.25) is 0 Å². The lowest BCUT2D eigenvalue weighted by Crippen LogP contribution is -2.00. The topological polar surface area (TPSA) is 30.2 Å². The van der Waals surface area contributed by atoms with Crippen molar-refractivity contribution in [2.75, 3.05) is 0 Å². The van der Waals surface area contributed by atoms with Gasteiger partial charge in [-0.1, -0.05) is 60.7 Å². The molecule has 0 amide bonds. The van der Waals surface area contributed by atoms with Crippen LogP contribution in [0.1, 0.15) is 15.9 Å². The van der Waals surface area contributed by atoms with E-state index < -0.39 is 0 Å². The minimum Gasteiger partial charge on any atom is -0.456 e. The summed E-state index contributed by atoms with van der Waals surface area (Å²) in [6.45, 7) is 0. The van der Waals surface area contributed by atoms with E-state index in [0.29, 0.717) is 11.1 Å². The fourth-order valence-electron chi connectivity index (χ4n) is 2.69. The van der Waals surface area contributed by atoms with E-state index in [2.05, 4.69) is 0 Å². The summed E-state index contributed by atoms with van der Waals surface area (Å²) in [5.41, 5.74) is 3.18. The second-order valence-corrected chi connectivity index (χ2v) is 5.42. The third-order valence-corrected chi connectivity index (χ3v) is 3.87. The molecule has 0 spiro atoms. The lowest BCUT2D eigenvalue weighted by molar-refractivity contribution is 0.103. The lowest BCUT2D eigenvalue weighted by atomic mass is 10.0. The van der Waals surface area contributed by atoms with Gasteiger partial charge in [0.15, 0.2) is 5.78 Å². The second-order valence-electron chi connectivity index (χ2n) is 5.42. The largest absolute Gasteiger partial charge is 0.456 e. The molecule has 0 aliphatic heterocycles. The Kier molecular flexibility index (Phi) is 3.28. The van der Waals surface area contributed by atoms with Crippen LogP contribution in [-0.2, 0) is 0 Å². The first-order valence-corrected chi connectivity index (χ1v) is 7.50. The molecule has 0 saturated carbocycles. The average Bonchev–Trinajstić information content (AvgIpc) is 3.06. The molecule has 110 valence electrons. The Morgan fingerprint density at radius 2 is 1.39 bits per heavy atom. The first-order valence-electron chi connectivity index (χ1n) is 7.50. The van der Waals surface area contributed by atoms with Crippen LogP contribution in [0.5, 0.6) is 0 Å². The van der Waals surface area contributed by atoms with Crippen LogP contribution in [0.25, 0.3) is 22.3 Å². The number of fused-ring (bicyclic) bond motifs is 1. The zero-order valence-corrected chi connectivity index (χ0v) is 12.4. The van der Waals surface area contributed by atoms with Gasteiger partial charge in [-0.25, -0.2) is 0 Å². The Morgan fingerprint density at radius 1 is 0.696 bits per heavy atom. The zero-order chi connectivity index (χ0) is 15.6. The highest BCUT2D eigenvalue weighted by molar-refractivity contribution is 6.10. The van der Waals surface area contributed by atoms with E-state index in [1.54, 1.807) is 0 Å². The van der Waals surface area contributed by atoms with E-state index >= 15 is 0 Å². The SMILES string of the molecule is O=C(c1ccccc1)c1ccc2oc(-c3ccccc3)cc2c1. The predicted molar refractivity (Wildman–Crippen MR) is 91.5 cm³/mol. The minimum atomic E-state index is 0.0231. The number of carbonyl (C=O) groups is 1. The molecule has 23 heavy (non-hydrogen) atoms. The fourth-order valence-corrected chi connectivity index (χ4v) is 2.69. The van der Waals surface area contributed by atoms with Crippen LogP contribution in [0, 0.1) is 0 Å². The molecule has 3 aromatic carbocycles.